The van der Waals surface area contributed by atoms with E-state index in [1.54, 1.807) is 6.07 Å². The van der Waals surface area contributed by atoms with Crippen LogP contribution in [-0.2, 0) is 11.3 Å². The van der Waals surface area contributed by atoms with Gasteiger partial charge in [-0.1, -0.05) is 11.3 Å². The molecule has 1 amide bonds. The van der Waals surface area contributed by atoms with Crippen LogP contribution in [0.3, 0.4) is 0 Å². The molecule has 10 heteroatoms. The van der Waals surface area contributed by atoms with Crippen LogP contribution in [0.1, 0.15) is 26.5 Å². The molecule has 0 radical (unpaired) electrons. The van der Waals surface area contributed by atoms with Gasteiger partial charge in [-0.05, 0) is 6.92 Å². The fraction of sp³-hybridized carbons (Fsp3) is 0.500. The number of nitrogens with one attached hydrogen (secondary N) is 1. The number of likely N-dealkylation sites (tertiary alicyclic amines) is 1. The summed E-state index contributed by atoms with van der Waals surface area (Å²) in [4.78, 5) is 25.4. The lowest BCUT2D eigenvalue weighted by molar-refractivity contribution is -0.114. The van der Waals surface area contributed by atoms with Gasteiger partial charge in [0.2, 0.25) is 23.6 Å². The molecule has 1 aliphatic rings. The fourth-order valence-corrected chi connectivity index (χ4v) is 3.72. The summed E-state index contributed by atoms with van der Waals surface area (Å²) in [6.07, 6.45) is 1.98. The summed E-state index contributed by atoms with van der Waals surface area (Å²) >= 11 is 1.13. The predicted octanol–water partition coefficient (Wildman–Crippen LogP) is 2.08. The second kappa shape index (κ2) is 7.92. The van der Waals surface area contributed by atoms with E-state index in [2.05, 4.69) is 25.2 Å². The molecule has 0 saturated carbocycles. The fourth-order valence-electron chi connectivity index (χ4n) is 2.81. The van der Waals surface area contributed by atoms with Gasteiger partial charge in [-0.25, -0.2) is 9.97 Å². The Kier molecular flexibility index (Phi) is 5.21. The lowest BCUT2D eigenvalue weighted by Crippen LogP contribution is -2.28. The number of methoxy groups -OCH3 is 1. The largest absolute Gasteiger partial charge is 0.481 e. The number of anilines is 1. The summed E-state index contributed by atoms with van der Waals surface area (Å²) < 4.78 is 32.0. The van der Waals surface area contributed by atoms with Crippen LogP contribution in [-0.4, -0.2) is 51.5 Å². The van der Waals surface area contributed by atoms with Gasteiger partial charge in [0.05, 0.1) is 19.4 Å². The Morgan fingerprint density at radius 2 is 2.35 bits per heavy atom. The van der Waals surface area contributed by atoms with Gasteiger partial charge in [-0.15, -0.1) is 0 Å². The van der Waals surface area contributed by atoms with Gasteiger partial charge < -0.3 is 14.8 Å². The van der Waals surface area contributed by atoms with Crippen molar-refractivity contribution in [3.05, 3.63) is 23.2 Å². The van der Waals surface area contributed by atoms with Crippen LogP contribution in [0.15, 0.2) is 12.4 Å². The zero-order valence-corrected chi connectivity index (χ0v) is 15.3. The first kappa shape index (κ1) is 17.1. The third-order valence-electron chi connectivity index (χ3n) is 4.00. The monoisotopic (exact) mass is 382 g/mol. The van der Waals surface area contributed by atoms with E-state index < -0.39 is 5.95 Å². The summed E-state index contributed by atoms with van der Waals surface area (Å²) in [5.74, 6) is -0.176. The molecular weight excluding hydrogens is 361 g/mol. The van der Waals surface area contributed by atoms with Gasteiger partial charge in [-0.3, -0.25) is 9.69 Å². The number of rotatable bonds is 6. The third-order valence-corrected chi connectivity index (χ3v) is 4.93. The van der Waals surface area contributed by atoms with Crippen LogP contribution in [0, 0.1) is 5.95 Å². The predicted molar refractivity (Wildman–Crippen MR) is 93.9 cm³/mol. The smallest absolute Gasteiger partial charge is 0.230 e. The van der Waals surface area contributed by atoms with Crippen LogP contribution in [0.4, 0.5) is 9.52 Å². The minimum atomic E-state index is -0.562. The van der Waals surface area contributed by atoms with E-state index in [4.69, 9.17) is 10.8 Å². The Hall–Kier alpha value is -2.33. The van der Waals surface area contributed by atoms with Gasteiger partial charge in [0.15, 0.2) is 5.13 Å². The van der Waals surface area contributed by atoms with Crippen molar-refractivity contribution in [1.82, 2.24) is 19.9 Å². The van der Waals surface area contributed by atoms with E-state index in [0.29, 0.717) is 23.8 Å². The van der Waals surface area contributed by atoms with E-state index in [1.165, 1.54) is 13.3 Å². The van der Waals surface area contributed by atoms with Crippen LogP contribution in [0.2, 0.25) is 0 Å². The number of amides is 1. The number of ether oxygens (including phenoxy) is 2. The average molecular weight is 382 g/mol. The summed E-state index contributed by atoms with van der Waals surface area (Å²) in [6, 6.07) is 1.73. The highest BCUT2D eigenvalue weighted by Gasteiger charge is 2.32. The topological polar surface area (TPSA) is 89.5 Å². The molecule has 2 aromatic heterocycles. The van der Waals surface area contributed by atoms with Crippen molar-refractivity contribution in [1.29, 1.82) is 0 Å². The summed E-state index contributed by atoms with van der Waals surface area (Å²) in [5, 5.41) is 2.77. The third kappa shape index (κ3) is 4.44. The Morgan fingerprint density at radius 1 is 1.54 bits per heavy atom. The SMILES string of the molecule is [2H]COc1cc(O[C@@H]2C[C@H](C)N(Cc3sc(NC(C)=O)nc3F)C2)ncn1. The van der Waals surface area contributed by atoms with E-state index >= 15 is 0 Å². The number of halogens is 1. The molecule has 1 fully saturated rings. The van der Waals surface area contributed by atoms with E-state index in [0.717, 1.165) is 17.8 Å². The molecule has 8 nitrogen and oxygen atoms in total. The van der Waals surface area contributed by atoms with Crippen molar-refractivity contribution in [3.8, 4) is 11.8 Å². The first-order valence-electron chi connectivity index (χ1n) is 8.73. The Morgan fingerprint density at radius 3 is 3.12 bits per heavy atom. The molecule has 0 aliphatic carbocycles. The Balaban J connectivity index is 1.60. The molecule has 2 atom stereocenters. The molecule has 3 heterocycles. The maximum atomic E-state index is 14.0. The molecular formula is C16H20FN5O3S. The Bertz CT molecular complexity index is 808. The van der Waals surface area contributed by atoms with Crippen molar-refractivity contribution < 1.29 is 20.0 Å². The van der Waals surface area contributed by atoms with Gasteiger partial charge in [0, 0.05) is 32.5 Å². The van der Waals surface area contributed by atoms with Gasteiger partial charge >= 0.3 is 0 Å². The van der Waals surface area contributed by atoms with Crippen molar-refractivity contribution in [3.63, 3.8) is 0 Å². The highest BCUT2D eigenvalue weighted by atomic mass is 32.1. The molecule has 26 heavy (non-hydrogen) atoms. The molecule has 0 unspecified atom stereocenters. The van der Waals surface area contributed by atoms with Crippen molar-refractivity contribution in [2.24, 2.45) is 0 Å². The van der Waals surface area contributed by atoms with Crippen LogP contribution in [0.5, 0.6) is 11.8 Å². The van der Waals surface area contributed by atoms with Gasteiger partial charge in [-0.2, -0.15) is 9.37 Å². The number of aromatic nitrogens is 3. The minimum absolute atomic E-state index is 0.107. The lowest BCUT2D eigenvalue weighted by Gasteiger charge is -2.19. The number of thiazole rings is 1. The molecule has 0 spiro atoms. The zero-order valence-electron chi connectivity index (χ0n) is 15.4. The molecule has 140 valence electrons. The number of carbonyl (C=O) groups is 1. The van der Waals surface area contributed by atoms with Crippen molar-refractivity contribution >= 4 is 22.4 Å². The molecule has 1 N–H and O–H groups in total. The first-order chi connectivity index (χ1) is 12.9. The quantitative estimate of drug-likeness (QED) is 0.818. The minimum Gasteiger partial charge on any atom is -0.481 e. The standard InChI is InChI=1S/C16H20FN5O3S/c1-9-4-11(25-14-5-13(24-3)18-8-19-14)6-22(9)7-12-15(17)21-16(26-12)20-10(2)23/h5,8-9,11H,4,6-7H2,1-3H3,(H,20,21,23)/t9-,11+/m0/s1/i3D. The van der Waals surface area contributed by atoms with Crippen LogP contribution in [0.25, 0.3) is 0 Å². The number of hydrogen-bond acceptors (Lipinski definition) is 8. The second-order valence-corrected chi connectivity index (χ2v) is 7.09. The van der Waals surface area contributed by atoms with E-state index in [1.807, 2.05) is 6.92 Å². The average Bonchev–Trinajstić information content (AvgIpc) is 3.10. The molecule has 1 aliphatic heterocycles. The summed E-state index contributed by atoms with van der Waals surface area (Å²) in [7, 11) is -0.231. The number of hydrogen-bond donors (Lipinski definition) is 1. The van der Waals surface area contributed by atoms with Crippen molar-refractivity contribution in [2.75, 3.05) is 18.9 Å². The number of carbonyl (C=O) groups excluding carboxylic acids is 1. The van der Waals surface area contributed by atoms with Crippen LogP contribution < -0.4 is 14.8 Å². The maximum absolute atomic E-state index is 14.0. The zero-order chi connectivity index (χ0) is 19.4. The first-order valence-corrected chi connectivity index (χ1v) is 8.83. The van der Waals surface area contributed by atoms with Crippen LogP contribution >= 0.6 is 11.3 Å². The second-order valence-electron chi connectivity index (χ2n) is 6.01. The molecule has 1 saturated heterocycles. The molecule has 2 aromatic rings. The van der Waals surface area contributed by atoms with Gasteiger partial charge in [0.25, 0.3) is 0 Å². The summed E-state index contributed by atoms with van der Waals surface area (Å²) in [6.45, 7) is 4.40. The van der Waals surface area contributed by atoms with E-state index in [-0.39, 0.29) is 36.2 Å². The Labute approximate surface area is 155 Å². The van der Waals surface area contributed by atoms with Gasteiger partial charge in [0.1, 0.15) is 12.4 Å². The highest BCUT2D eigenvalue weighted by Crippen LogP contribution is 2.28. The molecule has 3 rings (SSSR count). The lowest BCUT2D eigenvalue weighted by atomic mass is 10.2. The summed E-state index contributed by atoms with van der Waals surface area (Å²) in [5.41, 5.74) is 0. The van der Waals surface area contributed by atoms with Crippen molar-refractivity contribution in [2.45, 2.75) is 39.0 Å². The molecule has 0 aromatic carbocycles. The highest BCUT2D eigenvalue weighted by molar-refractivity contribution is 7.15. The maximum Gasteiger partial charge on any atom is 0.230 e. The molecule has 0 bridgehead atoms. The normalized spacial score (nSPS) is 20.7. The number of nitrogens with zero attached hydrogens (tertiary/aromatic N) is 4. The van der Waals surface area contributed by atoms with E-state index in [9.17, 15) is 9.18 Å².